The summed E-state index contributed by atoms with van der Waals surface area (Å²) < 4.78 is 13.3. The van der Waals surface area contributed by atoms with Gasteiger partial charge in [0.25, 0.3) is 0 Å². The SMILES string of the molecule is CC(C)CN(CCN(C)C)Cc1ccc(F)cc1C(=N)N. The predicted octanol–water partition coefficient (Wildman–Crippen LogP) is 2.13. The summed E-state index contributed by atoms with van der Waals surface area (Å²) >= 11 is 0. The molecule has 0 spiro atoms. The maximum Gasteiger partial charge on any atom is 0.123 e. The van der Waals surface area contributed by atoms with Crippen LogP contribution in [0.5, 0.6) is 0 Å². The highest BCUT2D eigenvalue weighted by Crippen LogP contribution is 2.14. The van der Waals surface area contributed by atoms with Crippen LogP contribution in [0.25, 0.3) is 0 Å². The van der Waals surface area contributed by atoms with Crippen molar-refractivity contribution in [1.29, 1.82) is 5.41 Å². The Morgan fingerprint density at radius 2 is 1.95 bits per heavy atom. The van der Waals surface area contributed by atoms with E-state index in [1.807, 2.05) is 14.1 Å². The summed E-state index contributed by atoms with van der Waals surface area (Å²) in [5, 5.41) is 7.61. The number of hydrogen-bond acceptors (Lipinski definition) is 3. The number of benzene rings is 1. The fourth-order valence-electron chi connectivity index (χ4n) is 2.27. The molecule has 1 aromatic rings. The molecule has 0 amide bonds. The predicted molar refractivity (Wildman–Crippen MR) is 86.1 cm³/mol. The van der Waals surface area contributed by atoms with Crippen molar-refractivity contribution >= 4 is 5.84 Å². The second kappa shape index (κ2) is 8.10. The van der Waals surface area contributed by atoms with Crippen molar-refractivity contribution < 1.29 is 4.39 Å². The van der Waals surface area contributed by atoms with Gasteiger partial charge < -0.3 is 10.6 Å². The van der Waals surface area contributed by atoms with Crippen molar-refractivity contribution in [2.75, 3.05) is 33.7 Å². The lowest BCUT2D eigenvalue weighted by Crippen LogP contribution is -2.34. The standard InChI is InChI=1S/C16H27FN4/c1-12(2)10-21(8-7-20(3)4)11-13-5-6-14(17)9-15(13)16(18)19/h5-6,9,12H,7-8,10-11H2,1-4H3,(H3,18,19). The zero-order chi connectivity index (χ0) is 16.0. The van der Waals surface area contributed by atoms with Gasteiger partial charge in [-0.15, -0.1) is 0 Å². The smallest absolute Gasteiger partial charge is 0.123 e. The summed E-state index contributed by atoms with van der Waals surface area (Å²) in [6.45, 7) is 7.89. The molecular formula is C16H27FN4. The minimum Gasteiger partial charge on any atom is -0.384 e. The van der Waals surface area contributed by atoms with Gasteiger partial charge >= 0.3 is 0 Å². The number of rotatable bonds is 8. The molecule has 0 bridgehead atoms. The molecular weight excluding hydrogens is 267 g/mol. The molecule has 1 aromatic carbocycles. The van der Waals surface area contributed by atoms with Crippen LogP contribution in [0.15, 0.2) is 18.2 Å². The fourth-order valence-corrected chi connectivity index (χ4v) is 2.27. The second-order valence-corrected chi connectivity index (χ2v) is 6.15. The lowest BCUT2D eigenvalue weighted by molar-refractivity contribution is 0.211. The maximum atomic E-state index is 13.3. The molecule has 4 nitrogen and oxygen atoms in total. The third kappa shape index (κ3) is 6.23. The van der Waals surface area contributed by atoms with Gasteiger partial charge in [0, 0.05) is 31.7 Å². The van der Waals surface area contributed by atoms with Gasteiger partial charge in [0.2, 0.25) is 0 Å². The quantitative estimate of drug-likeness (QED) is 0.570. The van der Waals surface area contributed by atoms with Gasteiger partial charge in [-0.25, -0.2) is 4.39 Å². The van der Waals surface area contributed by atoms with E-state index in [1.165, 1.54) is 12.1 Å². The molecule has 3 N–H and O–H groups in total. The van der Waals surface area contributed by atoms with E-state index >= 15 is 0 Å². The zero-order valence-electron chi connectivity index (χ0n) is 13.5. The Morgan fingerprint density at radius 1 is 1.29 bits per heavy atom. The number of likely N-dealkylation sites (N-methyl/N-ethyl adjacent to an activating group) is 1. The van der Waals surface area contributed by atoms with E-state index in [0.29, 0.717) is 18.0 Å². The van der Waals surface area contributed by atoms with Crippen LogP contribution in [0.3, 0.4) is 0 Å². The molecule has 0 unspecified atom stereocenters. The third-order valence-electron chi connectivity index (χ3n) is 3.24. The van der Waals surface area contributed by atoms with Crippen LogP contribution in [-0.4, -0.2) is 49.4 Å². The first-order valence-electron chi connectivity index (χ1n) is 7.29. The summed E-state index contributed by atoms with van der Waals surface area (Å²) in [4.78, 5) is 4.47. The van der Waals surface area contributed by atoms with E-state index in [4.69, 9.17) is 11.1 Å². The molecule has 0 aromatic heterocycles. The molecule has 1 rings (SSSR count). The zero-order valence-corrected chi connectivity index (χ0v) is 13.5. The van der Waals surface area contributed by atoms with Gasteiger partial charge in [0.15, 0.2) is 0 Å². The minimum absolute atomic E-state index is 0.0818. The molecule has 0 heterocycles. The molecule has 5 heteroatoms. The summed E-state index contributed by atoms with van der Waals surface area (Å²) in [7, 11) is 4.10. The van der Waals surface area contributed by atoms with Crippen molar-refractivity contribution in [3.63, 3.8) is 0 Å². The van der Waals surface area contributed by atoms with Crippen molar-refractivity contribution in [2.24, 2.45) is 11.7 Å². The maximum absolute atomic E-state index is 13.3. The molecule has 118 valence electrons. The van der Waals surface area contributed by atoms with Gasteiger partial charge in [-0.3, -0.25) is 10.3 Å². The Labute approximate surface area is 127 Å². The summed E-state index contributed by atoms with van der Waals surface area (Å²) in [5.41, 5.74) is 6.97. The molecule has 0 aliphatic carbocycles. The fraction of sp³-hybridized carbons (Fsp3) is 0.562. The molecule has 0 saturated heterocycles. The van der Waals surface area contributed by atoms with Gasteiger partial charge in [0.1, 0.15) is 11.7 Å². The van der Waals surface area contributed by atoms with Crippen molar-refractivity contribution in [3.05, 3.63) is 35.1 Å². The number of nitrogens with one attached hydrogen (secondary N) is 1. The van der Waals surface area contributed by atoms with E-state index in [-0.39, 0.29) is 11.7 Å². The van der Waals surface area contributed by atoms with E-state index in [1.54, 1.807) is 6.07 Å². The first kappa shape index (κ1) is 17.6. The Kier molecular flexibility index (Phi) is 6.78. The Bertz CT molecular complexity index is 471. The van der Waals surface area contributed by atoms with E-state index < -0.39 is 0 Å². The Morgan fingerprint density at radius 3 is 2.48 bits per heavy atom. The highest BCUT2D eigenvalue weighted by molar-refractivity contribution is 5.96. The second-order valence-electron chi connectivity index (χ2n) is 6.15. The van der Waals surface area contributed by atoms with Crippen molar-refractivity contribution in [2.45, 2.75) is 20.4 Å². The monoisotopic (exact) mass is 294 g/mol. The Balaban J connectivity index is 2.89. The van der Waals surface area contributed by atoms with Gasteiger partial charge in [-0.05, 0) is 37.7 Å². The Hall–Kier alpha value is -1.46. The summed E-state index contributed by atoms with van der Waals surface area (Å²) in [6.07, 6.45) is 0. The molecule has 0 saturated carbocycles. The first-order chi connectivity index (χ1) is 9.79. The molecule has 0 fully saturated rings. The van der Waals surface area contributed by atoms with Crippen LogP contribution >= 0.6 is 0 Å². The highest BCUT2D eigenvalue weighted by Gasteiger charge is 2.13. The average molecular weight is 294 g/mol. The molecule has 0 aliphatic rings. The van der Waals surface area contributed by atoms with Gasteiger partial charge in [0.05, 0.1) is 0 Å². The van der Waals surface area contributed by atoms with Crippen LogP contribution in [0.4, 0.5) is 4.39 Å². The molecule has 21 heavy (non-hydrogen) atoms. The van der Waals surface area contributed by atoms with Crippen LogP contribution in [0.1, 0.15) is 25.0 Å². The topological polar surface area (TPSA) is 56.4 Å². The number of nitrogen functional groups attached to an aromatic ring is 1. The van der Waals surface area contributed by atoms with E-state index in [0.717, 1.165) is 25.2 Å². The van der Waals surface area contributed by atoms with Crippen molar-refractivity contribution in [1.82, 2.24) is 9.80 Å². The number of amidine groups is 1. The van der Waals surface area contributed by atoms with Crippen molar-refractivity contribution in [3.8, 4) is 0 Å². The number of halogens is 1. The van der Waals surface area contributed by atoms with Crippen LogP contribution in [-0.2, 0) is 6.54 Å². The molecule has 0 aliphatic heterocycles. The summed E-state index contributed by atoms with van der Waals surface area (Å²) in [6, 6.07) is 4.51. The van der Waals surface area contributed by atoms with Gasteiger partial charge in [-0.2, -0.15) is 0 Å². The van der Waals surface area contributed by atoms with E-state index in [2.05, 4.69) is 23.6 Å². The van der Waals surface area contributed by atoms with Crippen LogP contribution in [0, 0.1) is 17.1 Å². The molecule has 0 radical (unpaired) electrons. The first-order valence-corrected chi connectivity index (χ1v) is 7.29. The van der Waals surface area contributed by atoms with Crippen LogP contribution in [0.2, 0.25) is 0 Å². The normalized spacial score (nSPS) is 11.6. The highest BCUT2D eigenvalue weighted by atomic mass is 19.1. The van der Waals surface area contributed by atoms with Gasteiger partial charge in [-0.1, -0.05) is 19.9 Å². The number of hydrogen-bond donors (Lipinski definition) is 2. The minimum atomic E-state index is -0.354. The van der Waals surface area contributed by atoms with Crippen LogP contribution < -0.4 is 5.73 Å². The molecule has 0 atom stereocenters. The lowest BCUT2D eigenvalue weighted by Gasteiger charge is -2.26. The number of nitrogens with zero attached hydrogens (tertiary/aromatic N) is 2. The largest absolute Gasteiger partial charge is 0.384 e. The third-order valence-corrected chi connectivity index (χ3v) is 3.24. The lowest BCUT2D eigenvalue weighted by atomic mass is 10.0. The summed E-state index contributed by atoms with van der Waals surface area (Å²) in [5.74, 6) is 0.114. The average Bonchev–Trinajstić information content (AvgIpc) is 2.37. The van der Waals surface area contributed by atoms with E-state index in [9.17, 15) is 4.39 Å². The number of nitrogens with two attached hydrogens (primary N) is 1.